The Labute approximate surface area is 122 Å². The molecule has 2 N–H and O–H groups in total. The molecule has 0 unspecified atom stereocenters. The highest BCUT2D eigenvalue weighted by Crippen LogP contribution is 2.29. The molecule has 0 fully saturated rings. The summed E-state index contributed by atoms with van der Waals surface area (Å²) in [5.41, 5.74) is 1.85. The second-order valence-electron chi connectivity index (χ2n) is 5.67. The number of carbonyl (C=O) groups excluding carboxylic acids is 1. The highest BCUT2D eigenvalue weighted by atomic mass is 16.5. The summed E-state index contributed by atoms with van der Waals surface area (Å²) in [5.74, 6) is 0.410. The van der Waals surface area contributed by atoms with E-state index in [1.165, 1.54) is 0 Å². The Kier molecular flexibility index (Phi) is 7.67. The van der Waals surface area contributed by atoms with Gasteiger partial charge in [0, 0.05) is 18.3 Å². The van der Waals surface area contributed by atoms with Crippen molar-refractivity contribution in [3.63, 3.8) is 0 Å². The minimum Gasteiger partial charge on any atom is -0.463 e. The maximum absolute atomic E-state index is 12.0. The average molecular weight is 283 g/mol. The summed E-state index contributed by atoms with van der Waals surface area (Å²) < 4.78 is 5.16. The van der Waals surface area contributed by atoms with Crippen molar-refractivity contribution in [3.8, 4) is 0 Å². The summed E-state index contributed by atoms with van der Waals surface area (Å²) in [5, 5.41) is 12.7. The number of carbonyl (C=O) groups is 1. The number of hydrogen-bond acceptors (Lipinski definition) is 4. The predicted molar refractivity (Wildman–Crippen MR) is 80.2 cm³/mol. The van der Waals surface area contributed by atoms with Crippen LogP contribution in [0.4, 0.5) is 0 Å². The lowest BCUT2D eigenvalue weighted by Crippen LogP contribution is -2.33. The van der Waals surface area contributed by atoms with Gasteiger partial charge in [-0.15, -0.1) is 0 Å². The van der Waals surface area contributed by atoms with Crippen LogP contribution in [-0.2, 0) is 9.53 Å². The van der Waals surface area contributed by atoms with Crippen LogP contribution in [0.15, 0.2) is 11.3 Å². The summed E-state index contributed by atoms with van der Waals surface area (Å²) in [7, 11) is 0. The Bertz CT molecular complexity index is 333. The fourth-order valence-corrected chi connectivity index (χ4v) is 2.74. The van der Waals surface area contributed by atoms with Crippen LogP contribution in [0.25, 0.3) is 0 Å². The van der Waals surface area contributed by atoms with Crippen molar-refractivity contribution < 1.29 is 14.6 Å². The van der Waals surface area contributed by atoms with Gasteiger partial charge in [-0.1, -0.05) is 20.3 Å². The van der Waals surface area contributed by atoms with Gasteiger partial charge < -0.3 is 15.2 Å². The third-order valence-electron chi connectivity index (χ3n) is 3.82. The van der Waals surface area contributed by atoms with Gasteiger partial charge >= 0.3 is 5.97 Å². The average Bonchev–Trinajstić information content (AvgIpc) is 2.39. The van der Waals surface area contributed by atoms with Crippen molar-refractivity contribution in [3.05, 3.63) is 11.3 Å². The molecule has 116 valence electrons. The maximum Gasteiger partial charge on any atom is 0.335 e. The van der Waals surface area contributed by atoms with Crippen LogP contribution in [0.1, 0.15) is 59.3 Å². The third kappa shape index (κ3) is 5.16. The number of nitrogens with one attached hydrogen (secondary N) is 1. The van der Waals surface area contributed by atoms with Crippen molar-refractivity contribution in [2.75, 3.05) is 13.2 Å². The monoisotopic (exact) mass is 283 g/mol. The van der Waals surface area contributed by atoms with E-state index in [1.807, 2.05) is 6.92 Å². The van der Waals surface area contributed by atoms with Gasteiger partial charge in [0.15, 0.2) is 0 Å². The molecule has 1 rings (SSSR count). The van der Waals surface area contributed by atoms with Crippen LogP contribution in [0, 0.1) is 5.92 Å². The molecular weight excluding hydrogens is 254 g/mol. The Morgan fingerprint density at radius 2 is 2.20 bits per heavy atom. The molecule has 1 aliphatic rings. The Morgan fingerprint density at radius 1 is 1.45 bits per heavy atom. The molecular formula is C16H29NO3. The van der Waals surface area contributed by atoms with E-state index in [-0.39, 0.29) is 18.6 Å². The van der Waals surface area contributed by atoms with Crippen molar-refractivity contribution in [1.82, 2.24) is 5.32 Å². The standard InChI is InChI=1S/C16H29NO3/c1-4-6-13(9-10-18)17-15-11-12(3)7-8-14(15)16(19)20-5-2/h12-13,17-18H,4-11H2,1-3H3/t12-,13-/m1/s1. The van der Waals surface area contributed by atoms with Gasteiger partial charge in [0.05, 0.1) is 12.2 Å². The van der Waals surface area contributed by atoms with E-state index in [4.69, 9.17) is 9.84 Å². The highest BCUT2D eigenvalue weighted by molar-refractivity contribution is 5.89. The van der Waals surface area contributed by atoms with Gasteiger partial charge in [-0.2, -0.15) is 0 Å². The minimum atomic E-state index is -0.179. The number of rotatable bonds is 8. The number of hydrogen-bond donors (Lipinski definition) is 2. The van der Waals surface area contributed by atoms with E-state index in [9.17, 15) is 4.79 Å². The lowest BCUT2D eigenvalue weighted by molar-refractivity contribution is -0.138. The maximum atomic E-state index is 12.0. The molecule has 0 aromatic rings. The molecule has 4 heteroatoms. The number of aliphatic hydroxyl groups is 1. The number of esters is 1. The second kappa shape index (κ2) is 9.01. The second-order valence-corrected chi connectivity index (χ2v) is 5.67. The van der Waals surface area contributed by atoms with Crippen LogP contribution in [0.2, 0.25) is 0 Å². The molecule has 0 aromatic heterocycles. The van der Waals surface area contributed by atoms with E-state index in [1.54, 1.807) is 0 Å². The molecule has 20 heavy (non-hydrogen) atoms. The fraction of sp³-hybridized carbons (Fsp3) is 0.812. The number of ether oxygens (including phenoxy) is 1. The first kappa shape index (κ1) is 17.0. The van der Waals surface area contributed by atoms with Crippen molar-refractivity contribution in [2.45, 2.75) is 65.3 Å². The number of allylic oxidation sites excluding steroid dienone is 1. The topological polar surface area (TPSA) is 58.6 Å². The van der Waals surface area contributed by atoms with E-state index in [0.29, 0.717) is 12.5 Å². The van der Waals surface area contributed by atoms with Crippen LogP contribution >= 0.6 is 0 Å². The quantitative estimate of drug-likeness (QED) is 0.673. The Morgan fingerprint density at radius 3 is 2.80 bits per heavy atom. The fourth-order valence-electron chi connectivity index (χ4n) is 2.74. The van der Waals surface area contributed by atoms with Crippen LogP contribution in [0.5, 0.6) is 0 Å². The zero-order valence-corrected chi connectivity index (χ0v) is 13.1. The van der Waals surface area contributed by atoms with Gasteiger partial charge in [0.2, 0.25) is 0 Å². The lowest BCUT2D eigenvalue weighted by atomic mass is 9.87. The molecule has 0 saturated heterocycles. The zero-order chi connectivity index (χ0) is 15.0. The molecule has 0 amide bonds. The summed E-state index contributed by atoms with van der Waals surface area (Å²) in [6.45, 7) is 6.78. The van der Waals surface area contributed by atoms with Gasteiger partial charge in [-0.05, 0) is 44.9 Å². The van der Waals surface area contributed by atoms with Gasteiger partial charge in [-0.25, -0.2) is 4.79 Å². The smallest absolute Gasteiger partial charge is 0.335 e. The minimum absolute atomic E-state index is 0.176. The summed E-state index contributed by atoms with van der Waals surface area (Å²) in [4.78, 5) is 12.0. The first-order valence-corrected chi connectivity index (χ1v) is 7.88. The number of aliphatic hydroxyl groups excluding tert-OH is 1. The molecule has 2 atom stereocenters. The molecule has 0 radical (unpaired) electrons. The van der Waals surface area contributed by atoms with Crippen LogP contribution < -0.4 is 5.32 Å². The van der Waals surface area contributed by atoms with E-state index < -0.39 is 0 Å². The summed E-state index contributed by atoms with van der Waals surface area (Å²) >= 11 is 0. The highest BCUT2D eigenvalue weighted by Gasteiger charge is 2.25. The largest absolute Gasteiger partial charge is 0.463 e. The molecule has 0 heterocycles. The third-order valence-corrected chi connectivity index (χ3v) is 3.82. The molecule has 4 nitrogen and oxygen atoms in total. The molecule has 0 spiro atoms. The van der Waals surface area contributed by atoms with Gasteiger partial charge in [-0.3, -0.25) is 0 Å². The van der Waals surface area contributed by atoms with Crippen molar-refractivity contribution in [1.29, 1.82) is 0 Å². The SMILES string of the molecule is CCC[C@H](CCO)NC1=C(C(=O)OCC)CC[C@@H](C)C1. The van der Waals surface area contributed by atoms with E-state index in [0.717, 1.165) is 49.8 Å². The van der Waals surface area contributed by atoms with Crippen LogP contribution in [0.3, 0.4) is 0 Å². The molecule has 0 aliphatic heterocycles. The van der Waals surface area contributed by atoms with E-state index >= 15 is 0 Å². The first-order valence-electron chi connectivity index (χ1n) is 7.88. The van der Waals surface area contributed by atoms with Crippen LogP contribution in [-0.4, -0.2) is 30.3 Å². The normalized spacial score (nSPS) is 20.7. The molecule has 0 aromatic carbocycles. The summed E-state index contributed by atoms with van der Waals surface area (Å²) in [6.07, 6.45) is 5.53. The summed E-state index contributed by atoms with van der Waals surface area (Å²) in [6, 6.07) is 0.245. The van der Waals surface area contributed by atoms with Gasteiger partial charge in [0.25, 0.3) is 0 Å². The lowest BCUT2D eigenvalue weighted by Gasteiger charge is -2.28. The first-order chi connectivity index (χ1) is 9.62. The Hall–Kier alpha value is -1.03. The van der Waals surface area contributed by atoms with Gasteiger partial charge in [0.1, 0.15) is 0 Å². The van der Waals surface area contributed by atoms with Crippen molar-refractivity contribution >= 4 is 5.97 Å². The molecule has 0 bridgehead atoms. The van der Waals surface area contributed by atoms with E-state index in [2.05, 4.69) is 19.2 Å². The molecule has 1 aliphatic carbocycles. The molecule has 0 saturated carbocycles. The van der Waals surface area contributed by atoms with Crippen molar-refractivity contribution in [2.24, 2.45) is 5.92 Å². The zero-order valence-electron chi connectivity index (χ0n) is 13.1. The Balaban J connectivity index is 2.83. The predicted octanol–water partition coefficient (Wildman–Crippen LogP) is 2.76.